The Balaban J connectivity index is 1.66. The summed E-state index contributed by atoms with van der Waals surface area (Å²) in [5.74, 6) is 0. The summed E-state index contributed by atoms with van der Waals surface area (Å²) in [6, 6.07) is 9.29. The lowest BCUT2D eigenvalue weighted by Gasteiger charge is -2.12. The molecule has 2 aromatic rings. The lowest BCUT2D eigenvalue weighted by atomic mass is 10.1. The summed E-state index contributed by atoms with van der Waals surface area (Å²) in [7, 11) is 2.02. The minimum absolute atomic E-state index is 0.541. The Hall–Kier alpha value is -1.13. The van der Waals surface area contributed by atoms with Crippen LogP contribution in [-0.4, -0.2) is 15.8 Å². The van der Waals surface area contributed by atoms with Crippen LogP contribution in [0.1, 0.15) is 29.4 Å². The second-order valence-corrected chi connectivity index (χ2v) is 6.23. The van der Waals surface area contributed by atoms with E-state index in [-0.39, 0.29) is 0 Å². The summed E-state index contributed by atoms with van der Waals surface area (Å²) in [4.78, 5) is 0. The van der Waals surface area contributed by atoms with Crippen molar-refractivity contribution < 1.29 is 0 Å². The SMILES string of the molecule is CCc1nn(C)c(CNC2Cc3ccccc3C2)c1Br. The van der Waals surface area contributed by atoms with Crippen molar-refractivity contribution >= 4 is 15.9 Å². The van der Waals surface area contributed by atoms with Crippen molar-refractivity contribution in [3.63, 3.8) is 0 Å². The fourth-order valence-electron chi connectivity index (χ4n) is 2.96. The molecule has 0 atom stereocenters. The quantitative estimate of drug-likeness (QED) is 0.932. The molecule has 0 amide bonds. The average Bonchev–Trinajstić information content (AvgIpc) is 2.98. The second-order valence-electron chi connectivity index (χ2n) is 5.44. The number of fused-ring (bicyclic) bond motifs is 1. The van der Waals surface area contributed by atoms with Gasteiger partial charge in [-0.3, -0.25) is 4.68 Å². The first kappa shape index (κ1) is 13.8. The van der Waals surface area contributed by atoms with Crippen LogP contribution >= 0.6 is 15.9 Å². The maximum Gasteiger partial charge on any atom is 0.0767 e. The van der Waals surface area contributed by atoms with E-state index in [0.717, 1.165) is 36.0 Å². The van der Waals surface area contributed by atoms with E-state index in [1.165, 1.54) is 16.8 Å². The van der Waals surface area contributed by atoms with Crippen molar-refractivity contribution in [1.29, 1.82) is 0 Å². The zero-order chi connectivity index (χ0) is 14.1. The number of hydrogen-bond acceptors (Lipinski definition) is 2. The molecule has 0 radical (unpaired) electrons. The maximum absolute atomic E-state index is 4.54. The Labute approximate surface area is 128 Å². The zero-order valence-electron chi connectivity index (χ0n) is 12.0. The number of aryl methyl sites for hydroxylation is 2. The molecular formula is C16H20BrN3. The first-order valence-corrected chi connectivity index (χ1v) is 7.98. The van der Waals surface area contributed by atoms with E-state index in [0.29, 0.717) is 6.04 Å². The largest absolute Gasteiger partial charge is 0.308 e. The third-order valence-corrected chi connectivity index (χ3v) is 5.03. The van der Waals surface area contributed by atoms with Gasteiger partial charge in [-0.15, -0.1) is 0 Å². The van der Waals surface area contributed by atoms with Gasteiger partial charge in [0.1, 0.15) is 0 Å². The lowest BCUT2D eigenvalue weighted by molar-refractivity contribution is 0.514. The van der Waals surface area contributed by atoms with Crippen molar-refractivity contribution in [3.05, 3.63) is 51.3 Å². The third kappa shape index (κ3) is 2.54. The van der Waals surface area contributed by atoms with Crippen LogP contribution in [0.25, 0.3) is 0 Å². The number of benzene rings is 1. The van der Waals surface area contributed by atoms with E-state index in [1.54, 1.807) is 0 Å². The molecule has 20 heavy (non-hydrogen) atoms. The molecular weight excluding hydrogens is 314 g/mol. The van der Waals surface area contributed by atoms with Gasteiger partial charge in [-0.1, -0.05) is 31.2 Å². The summed E-state index contributed by atoms with van der Waals surface area (Å²) >= 11 is 3.68. The molecule has 1 N–H and O–H groups in total. The average molecular weight is 334 g/mol. The third-order valence-electron chi connectivity index (χ3n) is 4.11. The van der Waals surface area contributed by atoms with Gasteiger partial charge in [0.05, 0.1) is 15.9 Å². The lowest BCUT2D eigenvalue weighted by Crippen LogP contribution is -2.29. The van der Waals surface area contributed by atoms with E-state index >= 15 is 0 Å². The smallest absolute Gasteiger partial charge is 0.0767 e. The van der Waals surface area contributed by atoms with E-state index in [2.05, 4.69) is 57.5 Å². The van der Waals surface area contributed by atoms with Crippen LogP contribution in [0.4, 0.5) is 0 Å². The van der Waals surface area contributed by atoms with E-state index < -0.39 is 0 Å². The molecule has 3 rings (SSSR count). The van der Waals surface area contributed by atoms with Crippen LogP contribution in [0, 0.1) is 0 Å². The summed E-state index contributed by atoms with van der Waals surface area (Å²) in [6.07, 6.45) is 3.22. The highest BCUT2D eigenvalue weighted by atomic mass is 79.9. The Kier molecular flexibility index (Phi) is 3.94. The first-order valence-electron chi connectivity index (χ1n) is 7.19. The minimum Gasteiger partial charge on any atom is -0.308 e. The molecule has 0 bridgehead atoms. The fourth-order valence-corrected chi connectivity index (χ4v) is 3.71. The van der Waals surface area contributed by atoms with Crippen molar-refractivity contribution in [2.45, 2.75) is 38.8 Å². The highest BCUT2D eigenvalue weighted by Crippen LogP contribution is 2.24. The van der Waals surface area contributed by atoms with Crippen LogP contribution < -0.4 is 5.32 Å². The summed E-state index contributed by atoms with van der Waals surface area (Å²) in [5.41, 5.74) is 5.35. The minimum atomic E-state index is 0.541. The number of nitrogens with one attached hydrogen (secondary N) is 1. The van der Waals surface area contributed by atoms with Crippen LogP contribution in [0.2, 0.25) is 0 Å². The highest BCUT2D eigenvalue weighted by Gasteiger charge is 2.21. The summed E-state index contributed by atoms with van der Waals surface area (Å²) in [5, 5.41) is 8.22. The molecule has 0 aliphatic heterocycles. The zero-order valence-corrected chi connectivity index (χ0v) is 13.6. The number of aromatic nitrogens is 2. The summed E-state index contributed by atoms with van der Waals surface area (Å²) < 4.78 is 3.14. The fraction of sp³-hybridized carbons (Fsp3) is 0.438. The van der Waals surface area contributed by atoms with Gasteiger partial charge in [0.25, 0.3) is 0 Å². The van der Waals surface area contributed by atoms with Gasteiger partial charge in [-0.05, 0) is 46.3 Å². The topological polar surface area (TPSA) is 29.9 Å². The molecule has 1 aliphatic carbocycles. The van der Waals surface area contributed by atoms with Gasteiger partial charge >= 0.3 is 0 Å². The monoisotopic (exact) mass is 333 g/mol. The molecule has 1 aromatic heterocycles. The van der Waals surface area contributed by atoms with Gasteiger partial charge in [-0.25, -0.2) is 0 Å². The van der Waals surface area contributed by atoms with Crippen LogP contribution in [0.3, 0.4) is 0 Å². The Morgan fingerprint density at radius 2 is 1.95 bits per heavy atom. The number of nitrogens with zero attached hydrogens (tertiary/aromatic N) is 2. The number of hydrogen-bond donors (Lipinski definition) is 1. The standard InChI is InChI=1S/C16H20BrN3/c1-3-14-16(17)15(20(2)19-14)10-18-13-8-11-6-4-5-7-12(11)9-13/h4-7,13,18H,3,8-10H2,1-2H3. The molecule has 4 heteroatoms. The molecule has 1 heterocycles. The maximum atomic E-state index is 4.54. The van der Waals surface area contributed by atoms with Crippen molar-refractivity contribution in [3.8, 4) is 0 Å². The molecule has 1 aromatic carbocycles. The molecule has 0 fully saturated rings. The molecule has 0 unspecified atom stereocenters. The van der Waals surface area contributed by atoms with Crippen LogP contribution in [0.5, 0.6) is 0 Å². The van der Waals surface area contributed by atoms with Crippen LogP contribution in [-0.2, 0) is 32.9 Å². The molecule has 1 aliphatic rings. The van der Waals surface area contributed by atoms with E-state index in [1.807, 2.05) is 11.7 Å². The Morgan fingerprint density at radius 3 is 2.50 bits per heavy atom. The van der Waals surface area contributed by atoms with Crippen molar-refractivity contribution in [2.24, 2.45) is 7.05 Å². The van der Waals surface area contributed by atoms with Gasteiger partial charge in [-0.2, -0.15) is 5.10 Å². The summed E-state index contributed by atoms with van der Waals surface area (Å²) in [6.45, 7) is 3.00. The molecule has 106 valence electrons. The van der Waals surface area contributed by atoms with Gasteiger partial charge in [0.15, 0.2) is 0 Å². The van der Waals surface area contributed by atoms with Crippen molar-refractivity contribution in [2.75, 3.05) is 0 Å². The number of halogens is 1. The Bertz CT molecular complexity index is 593. The second kappa shape index (κ2) is 5.70. The van der Waals surface area contributed by atoms with Crippen molar-refractivity contribution in [1.82, 2.24) is 15.1 Å². The van der Waals surface area contributed by atoms with Gasteiger partial charge < -0.3 is 5.32 Å². The van der Waals surface area contributed by atoms with Gasteiger partial charge in [0.2, 0.25) is 0 Å². The molecule has 0 saturated heterocycles. The van der Waals surface area contributed by atoms with E-state index in [9.17, 15) is 0 Å². The normalized spacial score (nSPS) is 14.8. The molecule has 0 saturated carbocycles. The van der Waals surface area contributed by atoms with Crippen LogP contribution in [0.15, 0.2) is 28.7 Å². The predicted octanol–water partition coefficient (Wildman–Crippen LogP) is 3.00. The predicted molar refractivity (Wildman–Crippen MR) is 84.8 cm³/mol. The van der Waals surface area contributed by atoms with Gasteiger partial charge in [0, 0.05) is 19.6 Å². The molecule has 0 spiro atoms. The van der Waals surface area contributed by atoms with E-state index in [4.69, 9.17) is 0 Å². The molecule has 3 nitrogen and oxygen atoms in total. The number of rotatable bonds is 4. The first-order chi connectivity index (χ1) is 9.69. The highest BCUT2D eigenvalue weighted by molar-refractivity contribution is 9.10. The Morgan fingerprint density at radius 1 is 1.30 bits per heavy atom.